The Labute approximate surface area is 121 Å². The predicted molar refractivity (Wildman–Crippen MR) is 78.9 cm³/mol. The van der Waals surface area contributed by atoms with Crippen molar-refractivity contribution in [1.82, 2.24) is 24.6 Å². The van der Waals surface area contributed by atoms with Gasteiger partial charge in [0.05, 0.1) is 0 Å². The smallest absolute Gasteiger partial charge is 0.253 e. The zero-order chi connectivity index (χ0) is 13.9. The van der Waals surface area contributed by atoms with E-state index in [2.05, 4.69) is 20.1 Å². The van der Waals surface area contributed by atoms with Crippen LogP contribution in [0.1, 0.15) is 17.1 Å². The Morgan fingerprint density at radius 1 is 1.20 bits per heavy atom. The van der Waals surface area contributed by atoms with Crippen LogP contribution >= 0.6 is 11.8 Å². The van der Waals surface area contributed by atoms with Gasteiger partial charge in [-0.3, -0.25) is 4.98 Å². The molecule has 0 aliphatic rings. The second kappa shape index (κ2) is 5.58. The third kappa shape index (κ3) is 2.80. The standard InChI is InChI=1S/C14H15N5S/c1-10-9-11(2)19-13(16-10)17-14(18-19)20-8-6-12-5-3-4-7-15-12/h3-5,7,9H,6,8H2,1-2H3. The van der Waals surface area contributed by atoms with E-state index in [0.29, 0.717) is 5.78 Å². The molecule has 0 fully saturated rings. The van der Waals surface area contributed by atoms with Crippen LogP contribution in [-0.4, -0.2) is 30.3 Å². The first-order valence-corrected chi connectivity index (χ1v) is 7.45. The molecule has 5 nitrogen and oxygen atoms in total. The number of nitrogens with zero attached hydrogens (tertiary/aromatic N) is 5. The van der Waals surface area contributed by atoms with Gasteiger partial charge in [0.15, 0.2) is 0 Å². The van der Waals surface area contributed by atoms with Gasteiger partial charge >= 0.3 is 0 Å². The van der Waals surface area contributed by atoms with Crippen LogP contribution in [0.5, 0.6) is 0 Å². The lowest BCUT2D eigenvalue weighted by Gasteiger charge is -1.97. The molecule has 0 saturated heterocycles. The summed E-state index contributed by atoms with van der Waals surface area (Å²) in [7, 11) is 0. The van der Waals surface area contributed by atoms with E-state index in [1.165, 1.54) is 0 Å². The monoisotopic (exact) mass is 285 g/mol. The molecular weight excluding hydrogens is 270 g/mol. The minimum atomic E-state index is 0.669. The normalized spacial score (nSPS) is 11.1. The van der Waals surface area contributed by atoms with Crippen LogP contribution in [0, 0.1) is 13.8 Å². The Balaban J connectivity index is 1.70. The second-order valence-electron chi connectivity index (χ2n) is 4.56. The maximum atomic E-state index is 4.47. The van der Waals surface area contributed by atoms with Crippen LogP contribution in [0.15, 0.2) is 35.6 Å². The molecule has 6 heteroatoms. The summed E-state index contributed by atoms with van der Waals surface area (Å²) >= 11 is 1.63. The number of rotatable bonds is 4. The quantitative estimate of drug-likeness (QED) is 0.689. The Morgan fingerprint density at radius 3 is 2.90 bits per heavy atom. The molecule has 0 bridgehead atoms. The van der Waals surface area contributed by atoms with Crippen molar-refractivity contribution < 1.29 is 0 Å². The average molecular weight is 285 g/mol. The summed E-state index contributed by atoms with van der Waals surface area (Å²) in [6, 6.07) is 7.97. The lowest BCUT2D eigenvalue weighted by Crippen LogP contribution is -1.97. The fourth-order valence-corrected chi connectivity index (χ4v) is 2.78. The maximum absolute atomic E-state index is 4.47. The number of pyridine rings is 1. The molecule has 102 valence electrons. The molecule has 0 radical (unpaired) electrons. The van der Waals surface area contributed by atoms with E-state index in [4.69, 9.17) is 0 Å². The fraction of sp³-hybridized carbons (Fsp3) is 0.286. The summed E-state index contributed by atoms with van der Waals surface area (Å²) in [5.74, 6) is 1.58. The highest BCUT2D eigenvalue weighted by Gasteiger charge is 2.08. The molecule has 0 aliphatic carbocycles. The largest absolute Gasteiger partial charge is 0.261 e. The number of aromatic nitrogens is 5. The number of hydrogen-bond donors (Lipinski definition) is 0. The number of thioether (sulfide) groups is 1. The van der Waals surface area contributed by atoms with Crippen molar-refractivity contribution in [2.45, 2.75) is 25.4 Å². The van der Waals surface area contributed by atoms with Crippen molar-refractivity contribution in [2.24, 2.45) is 0 Å². The summed E-state index contributed by atoms with van der Waals surface area (Å²) in [5, 5.41) is 5.24. The molecule has 0 amide bonds. The van der Waals surface area contributed by atoms with Crippen molar-refractivity contribution in [3.63, 3.8) is 0 Å². The first-order chi connectivity index (χ1) is 9.72. The minimum Gasteiger partial charge on any atom is -0.261 e. The van der Waals surface area contributed by atoms with Gasteiger partial charge in [0, 0.05) is 29.0 Å². The van der Waals surface area contributed by atoms with Gasteiger partial charge in [-0.2, -0.15) is 4.98 Å². The Hall–Kier alpha value is -1.95. The average Bonchev–Trinajstić information content (AvgIpc) is 2.83. The van der Waals surface area contributed by atoms with Crippen molar-refractivity contribution in [3.8, 4) is 0 Å². The lowest BCUT2D eigenvalue weighted by molar-refractivity contribution is 0.842. The summed E-state index contributed by atoms with van der Waals surface area (Å²) < 4.78 is 1.79. The van der Waals surface area contributed by atoms with Gasteiger partial charge in [0.2, 0.25) is 5.16 Å². The molecule has 3 heterocycles. The molecule has 0 atom stereocenters. The van der Waals surface area contributed by atoms with E-state index in [1.807, 2.05) is 44.3 Å². The van der Waals surface area contributed by atoms with Crippen LogP contribution in [0.4, 0.5) is 0 Å². The number of hydrogen-bond acceptors (Lipinski definition) is 5. The molecule has 3 rings (SSSR count). The van der Waals surface area contributed by atoms with Gasteiger partial charge in [0.25, 0.3) is 5.78 Å². The highest BCUT2D eigenvalue weighted by molar-refractivity contribution is 7.99. The van der Waals surface area contributed by atoms with Gasteiger partial charge in [0.1, 0.15) is 0 Å². The van der Waals surface area contributed by atoms with Crippen molar-refractivity contribution in [2.75, 3.05) is 5.75 Å². The van der Waals surface area contributed by atoms with Crippen LogP contribution in [-0.2, 0) is 6.42 Å². The molecule has 0 saturated carbocycles. The molecule has 3 aromatic rings. The highest BCUT2D eigenvalue weighted by atomic mass is 32.2. The first-order valence-electron chi connectivity index (χ1n) is 6.46. The molecule has 0 spiro atoms. The highest BCUT2D eigenvalue weighted by Crippen LogP contribution is 2.16. The molecule has 0 N–H and O–H groups in total. The third-order valence-electron chi connectivity index (χ3n) is 2.91. The second-order valence-corrected chi connectivity index (χ2v) is 5.63. The SMILES string of the molecule is Cc1cc(C)n2nc(SCCc3ccccn3)nc2n1. The van der Waals surface area contributed by atoms with Crippen LogP contribution in [0.3, 0.4) is 0 Å². The van der Waals surface area contributed by atoms with Gasteiger partial charge in [-0.25, -0.2) is 9.50 Å². The summed E-state index contributed by atoms with van der Waals surface area (Å²) in [5.41, 5.74) is 3.11. The lowest BCUT2D eigenvalue weighted by atomic mass is 10.3. The van der Waals surface area contributed by atoms with Crippen molar-refractivity contribution >= 4 is 17.5 Å². The summed E-state index contributed by atoms with van der Waals surface area (Å²) in [4.78, 5) is 13.1. The van der Waals surface area contributed by atoms with E-state index in [-0.39, 0.29) is 0 Å². The molecule has 0 aliphatic heterocycles. The Kier molecular flexibility index (Phi) is 3.64. The van der Waals surface area contributed by atoms with Gasteiger partial charge in [-0.05, 0) is 38.5 Å². The minimum absolute atomic E-state index is 0.669. The summed E-state index contributed by atoms with van der Waals surface area (Å²) in [6.07, 6.45) is 2.73. The first kappa shape index (κ1) is 13.1. The Bertz CT molecular complexity index is 723. The molecule has 20 heavy (non-hydrogen) atoms. The molecular formula is C14H15N5S. The zero-order valence-electron chi connectivity index (χ0n) is 11.4. The number of fused-ring (bicyclic) bond motifs is 1. The summed E-state index contributed by atoms with van der Waals surface area (Å²) in [6.45, 7) is 3.98. The predicted octanol–water partition coefficient (Wildman–Crippen LogP) is 2.47. The van der Waals surface area contributed by atoms with Gasteiger partial charge in [-0.15, -0.1) is 5.10 Å². The zero-order valence-corrected chi connectivity index (χ0v) is 12.3. The van der Waals surface area contributed by atoms with Gasteiger partial charge < -0.3 is 0 Å². The van der Waals surface area contributed by atoms with E-state index in [1.54, 1.807) is 16.3 Å². The van der Waals surface area contributed by atoms with Crippen LogP contribution < -0.4 is 0 Å². The molecule has 0 aromatic carbocycles. The van der Waals surface area contributed by atoms with Crippen molar-refractivity contribution in [3.05, 3.63) is 47.5 Å². The van der Waals surface area contributed by atoms with Gasteiger partial charge in [-0.1, -0.05) is 17.8 Å². The van der Waals surface area contributed by atoms with E-state index in [0.717, 1.165) is 34.4 Å². The van der Waals surface area contributed by atoms with E-state index < -0.39 is 0 Å². The Morgan fingerprint density at radius 2 is 2.10 bits per heavy atom. The molecule has 0 unspecified atom stereocenters. The van der Waals surface area contributed by atoms with Crippen LogP contribution in [0.2, 0.25) is 0 Å². The van der Waals surface area contributed by atoms with E-state index >= 15 is 0 Å². The number of aryl methyl sites for hydroxylation is 3. The van der Waals surface area contributed by atoms with Crippen molar-refractivity contribution in [1.29, 1.82) is 0 Å². The van der Waals surface area contributed by atoms with Crippen LogP contribution in [0.25, 0.3) is 5.78 Å². The molecule has 3 aromatic heterocycles. The topological polar surface area (TPSA) is 56.0 Å². The maximum Gasteiger partial charge on any atom is 0.253 e. The third-order valence-corrected chi connectivity index (χ3v) is 3.75. The van der Waals surface area contributed by atoms with E-state index in [9.17, 15) is 0 Å². The fourth-order valence-electron chi connectivity index (χ4n) is 2.00.